The van der Waals surface area contributed by atoms with Crippen molar-refractivity contribution in [1.82, 2.24) is 0 Å². The van der Waals surface area contributed by atoms with E-state index in [1.807, 2.05) is 0 Å². The Labute approximate surface area is 155 Å². The zero-order valence-electron chi connectivity index (χ0n) is 14.7. The van der Waals surface area contributed by atoms with Gasteiger partial charge in [0.15, 0.2) is 6.29 Å². The molecule has 1 aliphatic carbocycles. The lowest BCUT2D eigenvalue weighted by molar-refractivity contribution is -0.138. The summed E-state index contributed by atoms with van der Waals surface area (Å²) in [4.78, 5) is 10.6. The molecule has 2 aromatic carbocycles. The lowest BCUT2D eigenvalue weighted by atomic mass is 9.81. The lowest BCUT2D eigenvalue weighted by Crippen LogP contribution is -2.15. The van der Waals surface area contributed by atoms with E-state index in [9.17, 15) is 22.4 Å². The predicted molar refractivity (Wildman–Crippen MR) is 93.4 cm³/mol. The molecule has 0 aliphatic heterocycles. The summed E-state index contributed by atoms with van der Waals surface area (Å²) in [7, 11) is 0. The van der Waals surface area contributed by atoms with Gasteiger partial charge in [-0.3, -0.25) is 4.79 Å². The molecule has 1 saturated carbocycles. The molecule has 0 aromatic heterocycles. The van der Waals surface area contributed by atoms with Gasteiger partial charge in [0.05, 0.1) is 11.1 Å². The van der Waals surface area contributed by atoms with Crippen molar-refractivity contribution in [3.63, 3.8) is 0 Å². The van der Waals surface area contributed by atoms with Gasteiger partial charge < -0.3 is 4.74 Å². The van der Waals surface area contributed by atoms with Gasteiger partial charge in [0, 0.05) is 6.07 Å². The first-order chi connectivity index (χ1) is 12.9. The van der Waals surface area contributed by atoms with Crippen LogP contribution in [-0.4, -0.2) is 6.29 Å². The number of aldehydes is 1. The highest BCUT2D eigenvalue weighted by Gasteiger charge is 2.35. The Bertz CT molecular complexity index is 808. The fraction of sp³-hybridized carbons (Fsp3) is 0.381. The number of halogens is 4. The van der Waals surface area contributed by atoms with Crippen molar-refractivity contribution in [3.8, 4) is 5.75 Å². The number of hydrogen-bond acceptors (Lipinski definition) is 2. The van der Waals surface area contributed by atoms with Gasteiger partial charge in [-0.1, -0.05) is 31.4 Å². The summed E-state index contributed by atoms with van der Waals surface area (Å²) >= 11 is 0. The van der Waals surface area contributed by atoms with Crippen molar-refractivity contribution in [2.24, 2.45) is 0 Å². The van der Waals surface area contributed by atoms with Crippen LogP contribution in [0.1, 0.15) is 65.1 Å². The summed E-state index contributed by atoms with van der Waals surface area (Å²) in [5.74, 6) is -0.635. The highest BCUT2D eigenvalue weighted by atomic mass is 19.4. The maximum Gasteiger partial charge on any atom is 0.416 e. The van der Waals surface area contributed by atoms with E-state index in [0.29, 0.717) is 17.4 Å². The molecule has 3 rings (SSSR count). The smallest absolute Gasteiger partial charge is 0.416 e. The molecule has 0 unspecified atom stereocenters. The van der Waals surface area contributed by atoms with Crippen LogP contribution in [0.25, 0.3) is 0 Å². The van der Waals surface area contributed by atoms with Gasteiger partial charge in [-0.15, -0.1) is 0 Å². The van der Waals surface area contributed by atoms with E-state index in [-0.39, 0.29) is 23.8 Å². The molecule has 6 heteroatoms. The van der Waals surface area contributed by atoms with Crippen LogP contribution >= 0.6 is 0 Å². The first-order valence-electron chi connectivity index (χ1n) is 8.96. The molecule has 0 N–H and O–H groups in total. The van der Waals surface area contributed by atoms with E-state index in [2.05, 4.69) is 0 Å². The second kappa shape index (κ2) is 8.11. The zero-order chi connectivity index (χ0) is 19.4. The number of carbonyl (C=O) groups excluding carboxylic acids is 1. The first kappa shape index (κ1) is 19.4. The van der Waals surface area contributed by atoms with Gasteiger partial charge in [0.1, 0.15) is 18.2 Å². The van der Waals surface area contributed by atoms with Gasteiger partial charge in [-0.25, -0.2) is 4.39 Å². The maximum atomic E-state index is 13.6. The third-order valence-corrected chi connectivity index (χ3v) is 4.97. The van der Waals surface area contributed by atoms with E-state index in [1.165, 1.54) is 12.1 Å². The van der Waals surface area contributed by atoms with Crippen LogP contribution in [0.5, 0.6) is 5.75 Å². The molecule has 0 radical (unpaired) electrons. The lowest BCUT2D eigenvalue weighted by Gasteiger charge is -2.25. The van der Waals surface area contributed by atoms with Crippen molar-refractivity contribution in [1.29, 1.82) is 0 Å². The molecule has 2 nitrogen and oxygen atoms in total. The molecule has 27 heavy (non-hydrogen) atoms. The van der Waals surface area contributed by atoms with Crippen LogP contribution in [0.4, 0.5) is 17.6 Å². The summed E-state index contributed by atoms with van der Waals surface area (Å²) in [6, 6.07) is 8.03. The van der Waals surface area contributed by atoms with Crippen molar-refractivity contribution in [3.05, 3.63) is 64.5 Å². The summed E-state index contributed by atoms with van der Waals surface area (Å²) in [5.41, 5.74) is 0.00520. The van der Waals surface area contributed by atoms with E-state index in [4.69, 9.17) is 4.74 Å². The van der Waals surface area contributed by atoms with Gasteiger partial charge in [0.2, 0.25) is 0 Å². The van der Waals surface area contributed by atoms with Crippen LogP contribution < -0.4 is 4.74 Å². The SMILES string of the molecule is O=Cc1ccc(OCc2ccc(C3CCCCC3)c(C(F)(F)F)c2)cc1F. The van der Waals surface area contributed by atoms with E-state index in [0.717, 1.165) is 44.2 Å². The Morgan fingerprint density at radius 3 is 2.41 bits per heavy atom. The summed E-state index contributed by atoms with van der Waals surface area (Å²) in [6.07, 6.45) is 0.495. The molecule has 1 fully saturated rings. The third kappa shape index (κ3) is 4.67. The predicted octanol–water partition coefficient (Wildman–Crippen LogP) is 6.28. The van der Waals surface area contributed by atoms with Crippen LogP contribution in [0.3, 0.4) is 0 Å². The fourth-order valence-corrected chi connectivity index (χ4v) is 3.57. The molecular formula is C21H20F4O2. The Morgan fingerprint density at radius 2 is 1.78 bits per heavy atom. The first-order valence-corrected chi connectivity index (χ1v) is 8.96. The topological polar surface area (TPSA) is 26.3 Å². The van der Waals surface area contributed by atoms with Crippen molar-refractivity contribution in [2.45, 2.75) is 50.8 Å². The molecule has 0 bridgehead atoms. The normalized spacial score (nSPS) is 15.6. The largest absolute Gasteiger partial charge is 0.489 e. The number of carbonyl (C=O) groups is 1. The molecular weight excluding hydrogens is 360 g/mol. The van der Waals surface area contributed by atoms with E-state index < -0.39 is 17.6 Å². The van der Waals surface area contributed by atoms with E-state index in [1.54, 1.807) is 12.1 Å². The van der Waals surface area contributed by atoms with Crippen LogP contribution in [0.15, 0.2) is 36.4 Å². The quantitative estimate of drug-likeness (QED) is 0.450. The average Bonchev–Trinajstić information content (AvgIpc) is 2.66. The Morgan fingerprint density at radius 1 is 1.04 bits per heavy atom. The summed E-state index contributed by atoms with van der Waals surface area (Å²) < 4.78 is 59.7. The Kier molecular flexibility index (Phi) is 5.82. The minimum atomic E-state index is -4.43. The fourth-order valence-electron chi connectivity index (χ4n) is 3.57. The second-order valence-electron chi connectivity index (χ2n) is 6.84. The Balaban J connectivity index is 1.80. The molecule has 0 atom stereocenters. The minimum absolute atomic E-state index is 0.0599. The van der Waals surface area contributed by atoms with Crippen molar-refractivity contribution in [2.75, 3.05) is 0 Å². The van der Waals surface area contributed by atoms with Gasteiger partial charge in [-0.2, -0.15) is 13.2 Å². The van der Waals surface area contributed by atoms with Gasteiger partial charge in [0.25, 0.3) is 0 Å². The molecule has 0 spiro atoms. The number of benzene rings is 2. The number of ether oxygens (including phenoxy) is 1. The highest BCUT2D eigenvalue weighted by Crippen LogP contribution is 2.41. The Hall–Kier alpha value is -2.37. The van der Waals surface area contributed by atoms with Gasteiger partial charge in [-0.05, 0) is 48.1 Å². The third-order valence-electron chi connectivity index (χ3n) is 4.97. The number of hydrogen-bond donors (Lipinski definition) is 0. The molecule has 144 valence electrons. The summed E-state index contributed by atoms with van der Waals surface area (Å²) in [5, 5.41) is 0. The highest BCUT2D eigenvalue weighted by molar-refractivity contribution is 5.75. The molecule has 0 saturated heterocycles. The van der Waals surface area contributed by atoms with Crippen LogP contribution in [-0.2, 0) is 12.8 Å². The second-order valence-corrected chi connectivity index (χ2v) is 6.84. The minimum Gasteiger partial charge on any atom is -0.489 e. The van der Waals surface area contributed by atoms with Crippen molar-refractivity contribution < 1.29 is 27.1 Å². The average molecular weight is 380 g/mol. The monoisotopic (exact) mass is 380 g/mol. The molecule has 0 amide bonds. The van der Waals surface area contributed by atoms with Crippen LogP contribution in [0.2, 0.25) is 0 Å². The number of rotatable bonds is 5. The van der Waals surface area contributed by atoms with E-state index >= 15 is 0 Å². The zero-order valence-corrected chi connectivity index (χ0v) is 14.7. The molecule has 2 aromatic rings. The van der Waals surface area contributed by atoms with Gasteiger partial charge >= 0.3 is 6.18 Å². The molecule has 0 heterocycles. The maximum absolute atomic E-state index is 13.6. The van der Waals surface area contributed by atoms with Crippen molar-refractivity contribution >= 4 is 6.29 Å². The molecule has 1 aliphatic rings. The number of alkyl halides is 3. The summed E-state index contributed by atoms with van der Waals surface area (Å²) in [6.45, 7) is -0.117. The van der Waals surface area contributed by atoms with Crippen LogP contribution in [0, 0.1) is 5.82 Å². The standard InChI is InChI=1S/C21H20F4O2/c22-20-11-17(8-7-16(20)12-26)27-13-14-6-9-18(15-4-2-1-3-5-15)19(10-14)21(23,24)25/h6-12,15H,1-5,13H2.